The molecule has 212 valence electrons. The topological polar surface area (TPSA) is 115 Å². The second-order valence-corrected chi connectivity index (χ2v) is 10.6. The third kappa shape index (κ3) is 5.10. The molecule has 14 heteroatoms. The van der Waals surface area contributed by atoms with Crippen LogP contribution in [0.2, 0.25) is 0 Å². The number of anilines is 1. The van der Waals surface area contributed by atoms with Crippen LogP contribution < -0.4 is 11.1 Å². The summed E-state index contributed by atoms with van der Waals surface area (Å²) in [7, 11) is 0. The number of fused-ring (bicyclic) bond motifs is 2. The first-order valence-electron chi connectivity index (χ1n) is 12.2. The number of thiophene rings is 1. The molecule has 5 aromatic rings. The van der Waals surface area contributed by atoms with Gasteiger partial charge in [0.05, 0.1) is 17.6 Å². The molecule has 0 saturated carbocycles. The summed E-state index contributed by atoms with van der Waals surface area (Å²) in [6.07, 6.45) is -6.78. The van der Waals surface area contributed by atoms with Crippen molar-refractivity contribution >= 4 is 44.7 Å². The molecule has 8 nitrogen and oxygen atoms in total. The van der Waals surface area contributed by atoms with Crippen LogP contribution in [0, 0.1) is 6.92 Å². The minimum absolute atomic E-state index is 0.0342. The Bertz CT molecular complexity index is 1830. The standard InChI is InChI=1S/C27H21F5N6O2S/c1-11(2)13-4-6-14(7-5-13)16-9-18(27(30,31)32)38-24(35-16)15(10-34-38)25(40)37-20-19-12(3)8-17(22(28)29)36-26(19)41-21(20)23(33)39/h4-11,22H,1-3H3,(H2,33,39)(H,37,40). The van der Waals surface area contributed by atoms with Crippen LogP contribution in [0.25, 0.3) is 27.1 Å². The van der Waals surface area contributed by atoms with Gasteiger partial charge in [-0.2, -0.15) is 18.3 Å². The van der Waals surface area contributed by atoms with Crippen LogP contribution in [0.1, 0.15) is 68.7 Å². The number of alkyl halides is 5. The molecule has 0 unspecified atom stereocenters. The molecule has 2 amide bonds. The van der Waals surface area contributed by atoms with Gasteiger partial charge in [0.25, 0.3) is 18.2 Å². The number of primary amides is 1. The molecular formula is C27H21F5N6O2S. The van der Waals surface area contributed by atoms with Crippen LogP contribution in [0.4, 0.5) is 27.6 Å². The predicted octanol–water partition coefficient (Wildman–Crippen LogP) is 6.75. The number of pyridine rings is 1. The number of benzene rings is 1. The molecule has 0 aliphatic rings. The minimum Gasteiger partial charge on any atom is -0.365 e. The van der Waals surface area contributed by atoms with E-state index in [1.807, 2.05) is 13.8 Å². The minimum atomic E-state index is -4.83. The van der Waals surface area contributed by atoms with Crippen molar-refractivity contribution in [2.24, 2.45) is 5.73 Å². The van der Waals surface area contributed by atoms with Crippen molar-refractivity contribution in [1.82, 2.24) is 19.6 Å². The lowest BCUT2D eigenvalue weighted by Gasteiger charge is -2.12. The van der Waals surface area contributed by atoms with Crippen molar-refractivity contribution in [3.8, 4) is 11.3 Å². The first-order valence-corrected chi connectivity index (χ1v) is 13.0. The van der Waals surface area contributed by atoms with Crippen molar-refractivity contribution in [2.45, 2.75) is 39.3 Å². The number of hydrogen-bond acceptors (Lipinski definition) is 6. The molecule has 5 rings (SSSR count). The van der Waals surface area contributed by atoms with Crippen LogP contribution in [0.15, 0.2) is 42.6 Å². The van der Waals surface area contributed by atoms with Crippen LogP contribution in [-0.2, 0) is 6.18 Å². The Hall–Kier alpha value is -4.46. The number of carbonyl (C=O) groups excluding carboxylic acids is 2. The van der Waals surface area contributed by atoms with E-state index in [4.69, 9.17) is 5.73 Å². The zero-order chi connectivity index (χ0) is 29.8. The maximum atomic E-state index is 14.0. The number of nitrogens with two attached hydrogens (primary N) is 1. The molecule has 0 radical (unpaired) electrons. The summed E-state index contributed by atoms with van der Waals surface area (Å²) in [5.74, 6) is -1.69. The average Bonchev–Trinajstić information content (AvgIpc) is 3.49. The highest BCUT2D eigenvalue weighted by Gasteiger charge is 2.36. The molecule has 0 aliphatic heterocycles. The van der Waals surface area contributed by atoms with E-state index in [1.54, 1.807) is 24.3 Å². The van der Waals surface area contributed by atoms with E-state index in [9.17, 15) is 31.5 Å². The van der Waals surface area contributed by atoms with Crippen molar-refractivity contribution < 1.29 is 31.5 Å². The lowest BCUT2D eigenvalue weighted by atomic mass is 10.0. The number of amides is 2. The fourth-order valence-corrected chi connectivity index (χ4v) is 5.47. The van der Waals surface area contributed by atoms with Gasteiger partial charge in [-0.15, -0.1) is 11.3 Å². The molecule has 0 saturated heterocycles. The Morgan fingerprint density at radius 2 is 1.76 bits per heavy atom. The van der Waals surface area contributed by atoms with E-state index < -0.39 is 35.8 Å². The van der Waals surface area contributed by atoms with E-state index in [0.29, 0.717) is 21.4 Å². The second kappa shape index (κ2) is 10.2. The van der Waals surface area contributed by atoms with Crippen molar-refractivity contribution in [3.05, 3.63) is 75.6 Å². The normalized spacial score (nSPS) is 12.1. The molecule has 4 heterocycles. The maximum Gasteiger partial charge on any atom is 0.433 e. The van der Waals surface area contributed by atoms with Gasteiger partial charge in [0.1, 0.15) is 21.0 Å². The fourth-order valence-electron chi connectivity index (χ4n) is 4.40. The fraction of sp³-hybridized carbons (Fsp3) is 0.222. The van der Waals surface area contributed by atoms with Crippen LogP contribution in [0.3, 0.4) is 0 Å². The summed E-state index contributed by atoms with van der Waals surface area (Å²) in [4.78, 5) is 33.7. The van der Waals surface area contributed by atoms with E-state index in [1.165, 1.54) is 6.92 Å². The largest absolute Gasteiger partial charge is 0.433 e. The highest BCUT2D eigenvalue weighted by Crippen LogP contribution is 2.39. The molecule has 0 fully saturated rings. The smallest absolute Gasteiger partial charge is 0.365 e. The molecule has 0 bridgehead atoms. The number of nitrogens with zero attached hydrogens (tertiary/aromatic N) is 4. The van der Waals surface area contributed by atoms with Gasteiger partial charge >= 0.3 is 6.18 Å². The summed E-state index contributed by atoms with van der Waals surface area (Å²) in [5.41, 5.74) is 4.65. The maximum absolute atomic E-state index is 14.0. The van der Waals surface area contributed by atoms with Gasteiger partial charge < -0.3 is 11.1 Å². The Kier molecular flexibility index (Phi) is 6.97. The quantitative estimate of drug-likeness (QED) is 0.213. The average molecular weight is 589 g/mol. The van der Waals surface area contributed by atoms with Gasteiger partial charge in [-0.3, -0.25) is 9.59 Å². The summed E-state index contributed by atoms with van der Waals surface area (Å²) in [6, 6.07) is 8.82. The van der Waals surface area contributed by atoms with E-state index in [2.05, 4.69) is 20.4 Å². The third-order valence-corrected chi connectivity index (χ3v) is 7.54. The number of aromatic nitrogens is 4. The number of halogens is 5. The lowest BCUT2D eigenvalue weighted by molar-refractivity contribution is -0.142. The number of hydrogen-bond donors (Lipinski definition) is 2. The SMILES string of the molecule is Cc1cc(C(F)F)nc2sc(C(N)=O)c(NC(=O)c3cnn4c(C(F)(F)F)cc(-c5ccc(C(C)C)cc5)nc34)c12. The first-order chi connectivity index (χ1) is 19.3. The lowest BCUT2D eigenvalue weighted by Crippen LogP contribution is -2.18. The molecule has 4 aromatic heterocycles. The highest BCUT2D eigenvalue weighted by molar-refractivity contribution is 7.21. The number of aryl methyl sites for hydroxylation is 1. The zero-order valence-corrected chi connectivity index (χ0v) is 22.5. The van der Waals surface area contributed by atoms with E-state index >= 15 is 0 Å². The molecule has 1 aromatic carbocycles. The summed E-state index contributed by atoms with van der Waals surface area (Å²) < 4.78 is 69.3. The molecule has 3 N–H and O–H groups in total. The monoisotopic (exact) mass is 588 g/mol. The van der Waals surface area contributed by atoms with Crippen molar-refractivity contribution in [1.29, 1.82) is 0 Å². The zero-order valence-electron chi connectivity index (χ0n) is 21.7. The number of carbonyl (C=O) groups is 2. The van der Waals surface area contributed by atoms with Crippen molar-refractivity contribution in [3.63, 3.8) is 0 Å². The Labute approximate surface area is 233 Å². The molecule has 0 aliphatic carbocycles. The summed E-state index contributed by atoms with van der Waals surface area (Å²) in [5, 5.41) is 6.47. The van der Waals surface area contributed by atoms with Crippen molar-refractivity contribution in [2.75, 3.05) is 5.32 Å². The van der Waals surface area contributed by atoms with Gasteiger partial charge in [-0.25, -0.2) is 23.3 Å². The third-order valence-electron chi connectivity index (χ3n) is 6.44. The van der Waals surface area contributed by atoms with E-state index in [-0.39, 0.29) is 49.2 Å². The van der Waals surface area contributed by atoms with Gasteiger partial charge in [0.2, 0.25) is 0 Å². The summed E-state index contributed by atoms with van der Waals surface area (Å²) >= 11 is 0.710. The van der Waals surface area contributed by atoms with Gasteiger partial charge in [-0.05, 0) is 36.1 Å². The Morgan fingerprint density at radius 1 is 1.07 bits per heavy atom. The molecule has 41 heavy (non-hydrogen) atoms. The Balaban J connectivity index is 1.64. The molecular weight excluding hydrogens is 567 g/mol. The van der Waals surface area contributed by atoms with Gasteiger partial charge in [0.15, 0.2) is 11.3 Å². The van der Waals surface area contributed by atoms with Gasteiger partial charge in [0, 0.05) is 10.9 Å². The Morgan fingerprint density at radius 3 is 2.34 bits per heavy atom. The first kappa shape index (κ1) is 28.1. The predicted molar refractivity (Wildman–Crippen MR) is 143 cm³/mol. The second-order valence-electron chi connectivity index (χ2n) is 9.56. The summed E-state index contributed by atoms with van der Waals surface area (Å²) in [6.45, 7) is 5.45. The highest BCUT2D eigenvalue weighted by atomic mass is 32.1. The van der Waals surface area contributed by atoms with Gasteiger partial charge in [-0.1, -0.05) is 38.1 Å². The number of nitrogens with one attached hydrogen (secondary N) is 1. The van der Waals surface area contributed by atoms with Crippen LogP contribution in [-0.4, -0.2) is 31.4 Å². The molecule has 0 spiro atoms. The van der Waals surface area contributed by atoms with Crippen LogP contribution >= 0.6 is 11.3 Å². The number of rotatable bonds is 6. The van der Waals surface area contributed by atoms with E-state index in [0.717, 1.165) is 23.9 Å². The van der Waals surface area contributed by atoms with Crippen LogP contribution in [0.5, 0.6) is 0 Å². The molecule has 0 atom stereocenters.